The largest absolute Gasteiger partial charge is 0.351 e. The van der Waals surface area contributed by atoms with Gasteiger partial charge in [-0.2, -0.15) is 0 Å². The van der Waals surface area contributed by atoms with E-state index < -0.39 is 13.4 Å². The first-order chi connectivity index (χ1) is 9.92. The molecular weight excluding hydrogens is 292 g/mol. The summed E-state index contributed by atoms with van der Waals surface area (Å²) in [5, 5.41) is 3.23. The summed E-state index contributed by atoms with van der Waals surface area (Å²) in [6, 6.07) is 5.92. The van der Waals surface area contributed by atoms with Crippen LogP contribution in [0.2, 0.25) is 0 Å². The van der Waals surface area contributed by atoms with Crippen molar-refractivity contribution in [3.63, 3.8) is 0 Å². The van der Waals surface area contributed by atoms with Crippen LogP contribution >= 0.6 is 7.60 Å². The first-order valence-electron chi connectivity index (χ1n) is 7.30. The average Bonchev–Trinajstić information content (AvgIpc) is 2.41. The van der Waals surface area contributed by atoms with Gasteiger partial charge in [-0.1, -0.05) is 26.0 Å². The maximum absolute atomic E-state index is 13.1. The molecule has 0 fully saturated rings. The zero-order valence-electron chi connectivity index (χ0n) is 13.1. The van der Waals surface area contributed by atoms with Gasteiger partial charge in [0.2, 0.25) is 0 Å². The Labute approximate surface area is 126 Å². The molecule has 0 aliphatic heterocycles. The molecule has 0 spiro atoms. The van der Waals surface area contributed by atoms with Crippen LogP contribution in [0.15, 0.2) is 24.3 Å². The van der Waals surface area contributed by atoms with Crippen molar-refractivity contribution < 1.29 is 18.0 Å². The summed E-state index contributed by atoms with van der Waals surface area (Å²) >= 11 is 0. The number of hydrogen-bond donors (Lipinski definition) is 1. The summed E-state index contributed by atoms with van der Waals surface area (Å²) in [4.78, 5) is 0. The molecule has 1 N–H and O–H groups in total. The van der Waals surface area contributed by atoms with Gasteiger partial charge in [-0.25, -0.2) is 4.39 Å². The third kappa shape index (κ3) is 5.51. The van der Waals surface area contributed by atoms with Crippen LogP contribution in [0.4, 0.5) is 4.39 Å². The lowest BCUT2D eigenvalue weighted by Crippen LogP contribution is -2.27. The molecule has 0 amide bonds. The molecule has 0 saturated heterocycles. The third-order valence-corrected chi connectivity index (χ3v) is 5.19. The lowest BCUT2D eigenvalue weighted by molar-refractivity contribution is 0.207. The first-order valence-corrected chi connectivity index (χ1v) is 8.91. The molecule has 1 rings (SSSR count). The highest BCUT2D eigenvalue weighted by Gasteiger charge is 2.36. The van der Waals surface area contributed by atoms with Gasteiger partial charge in [-0.05, 0) is 44.0 Å². The molecule has 0 aromatic heterocycles. The van der Waals surface area contributed by atoms with Gasteiger partial charge in [-0.15, -0.1) is 0 Å². The number of halogens is 1. The normalized spacial score (nSPS) is 13.6. The summed E-state index contributed by atoms with van der Waals surface area (Å²) in [5.74, 6) is -0.547. The van der Waals surface area contributed by atoms with Crippen LogP contribution in [0.3, 0.4) is 0 Å². The van der Waals surface area contributed by atoms with Crippen LogP contribution in [-0.2, 0) is 13.6 Å². The minimum absolute atomic E-state index is 0.290. The molecule has 0 radical (unpaired) electrons. The summed E-state index contributed by atoms with van der Waals surface area (Å²) in [7, 11) is -3.36. The van der Waals surface area contributed by atoms with Crippen molar-refractivity contribution >= 4 is 7.60 Å². The molecule has 6 heteroatoms. The second-order valence-electron chi connectivity index (χ2n) is 5.13. The van der Waals surface area contributed by atoms with E-state index in [1.165, 1.54) is 12.1 Å². The van der Waals surface area contributed by atoms with E-state index in [0.29, 0.717) is 31.2 Å². The molecule has 1 aromatic rings. The van der Waals surface area contributed by atoms with E-state index in [1.807, 2.05) is 0 Å². The van der Waals surface area contributed by atoms with Crippen molar-refractivity contribution in [2.45, 2.75) is 33.5 Å². The van der Waals surface area contributed by atoms with Gasteiger partial charge >= 0.3 is 7.60 Å². The molecule has 0 aliphatic carbocycles. The monoisotopic (exact) mass is 317 g/mol. The Morgan fingerprint density at radius 3 is 2.10 bits per heavy atom. The van der Waals surface area contributed by atoms with Crippen molar-refractivity contribution in [2.24, 2.45) is 5.92 Å². The minimum Gasteiger partial charge on any atom is -0.308 e. The Hall–Kier alpha value is -0.740. The van der Waals surface area contributed by atoms with Crippen LogP contribution in [0, 0.1) is 11.7 Å². The van der Waals surface area contributed by atoms with Crippen LogP contribution in [0.25, 0.3) is 0 Å². The SMILES string of the molecule is CCOP(=O)(OCC)C(NCC(C)C)c1ccc(F)cc1. The fourth-order valence-corrected chi connectivity index (χ4v) is 3.91. The number of benzene rings is 1. The zero-order chi connectivity index (χ0) is 15.9. The van der Waals surface area contributed by atoms with Gasteiger partial charge in [-0.3, -0.25) is 9.88 Å². The minimum atomic E-state index is -3.36. The maximum atomic E-state index is 13.1. The number of rotatable bonds is 9. The van der Waals surface area contributed by atoms with E-state index >= 15 is 0 Å². The standard InChI is InChI=1S/C15H25FNO3P/c1-5-19-21(18,20-6-2)15(17-11-12(3)4)13-7-9-14(16)10-8-13/h7-10,12,15,17H,5-6,11H2,1-4H3. The molecular formula is C15H25FNO3P. The predicted molar refractivity (Wildman–Crippen MR) is 82.8 cm³/mol. The van der Waals surface area contributed by atoms with E-state index in [4.69, 9.17) is 9.05 Å². The van der Waals surface area contributed by atoms with E-state index in [1.54, 1.807) is 26.0 Å². The zero-order valence-corrected chi connectivity index (χ0v) is 14.0. The lowest BCUT2D eigenvalue weighted by Gasteiger charge is -2.28. The van der Waals surface area contributed by atoms with E-state index in [0.717, 1.165) is 0 Å². The van der Waals surface area contributed by atoms with Crippen molar-refractivity contribution in [3.05, 3.63) is 35.6 Å². The van der Waals surface area contributed by atoms with Crippen LogP contribution in [-0.4, -0.2) is 19.8 Å². The Kier molecular flexibility index (Phi) is 7.53. The summed E-state index contributed by atoms with van der Waals surface area (Å²) in [6.07, 6.45) is 0. The van der Waals surface area contributed by atoms with Crippen molar-refractivity contribution in [1.29, 1.82) is 0 Å². The second kappa shape index (κ2) is 8.64. The number of hydrogen-bond acceptors (Lipinski definition) is 4. The second-order valence-corrected chi connectivity index (χ2v) is 7.24. The van der Waals surface area contributed by atoms with Gasteiger partial charge in [0.1, 0.15) is 11.6 Å². The maximum Gasteiger partial charge on any atom is 0.351 e. The molecule has 0 bridgehead atoms. The molecule has 21 heavy (non-hydrogen) atoms. The molecule has 0 aliphatic rings. The molecule has 0 heterocycles. The van der Waals surface area contributed by atoms with Crippen molar-refractivity contribution in [3.8, 4) is 0 Å². The first kappa shape index (κ1) is 18.3. The van der Waals surface area contributed by atoms with Crippen LogP contribution < -0.4 is 5.32 Å². The fraction of sp³-hybridized carbons (Fsp3) is 0.600. The van der Waals surface area contributed by atoms with E-state index in [2.05, 4.69) is 19.2 Å². The average molecular weight is 317 g/mol. The highest BCUT2D eigenvalue weighted by atomic mass is 31.2. The van der Waals surface area contributed by atoms with Gasteiger partial charge in [0.25, 0.3) is 0 Å². The Morgan fingerprint density at radius 1 is 1.14 bits per heavy atom. The Balaban J connectivity index is 3.09. The van der Waals surface area contributed by atoms with Crippen LogP contribution in [0.5, 0.6) is 0 Å². The molecule has 1 aromatic carbocycles. The van der Waals surface area contributed by atoms with Crippen LogP contribution in [0.1, 0.15) is 39.0 Å². The van der Waals surface area contributed by atoms with Gasteiger partial charge in [0, 0.05) is 0 Å². The predicted octanol–water partition coefficient (Wildman–Crippen LogP) is 4.34. The summed E-state index contributed by atoms with van der Waals surface area (Å²) < 4.78 is 37.0. The summed E-state index contributed by atoms with van der Waals surface area (Å²) in [6.45, 7) is 8.90. The van der Waals surface area contributed by atoms with Gasteiger partial charge in [0.15, 0.2) is 0 Å². The smallest absolute Gasteiger partial charge is 0.308 e. The van der Waals surface area contributed by atoms with E-state index in [-0.39, 0.29) is 5.82 Å². The quantitative estimate of drug-likeness (QED) is 0.688. The molecule has 1 unspecified atom stereocenters. The van der Waals surface area contributed by atoms with E-state index in [9.17, 15) is 8.96 Å². The van der Waals surface area contributed by atoms with Gasteiger partial charge in [0.05, 0.1) is 13.2 Å². The number of nitrogens with one attached hydrogen (secondary N) is 1. The molecule has 4 nitrogen and oxygen atoms in total. The molecule has 0 saturated carbocycles. The summed E-state index contributed by atoms with van der Waals surface area (Å²) in [5.41, 5.74) is 0.697. The molecule has 120 valence electrons. The van der Waals surface area contributed by atoms with Crippen molar-refractivity contribution in [2.75, 3.05) is 19.8 Å². The Morgan fingerprint density at radius 2 is 1.67 bits per heavy atom. The third-order valence-electron chi connectivity index (χ3n) is 2.84. The van der Waals surface area contributed by atoms with Crippen molar-refractivity contribution in [1.82, 2.24) is 5.32 Å². The highest BCUT2D eigenvalue weighted by Crippen LogP contribution is 2.59. The fourth-order valence-electron chi connectivity index (χ4n) is 1.95. The van der Waals surface area contributed by atoms with Gasteiger partial charge < -0.3 is 9.05 Å². The topological polar surface area (TPSA) is 47.6 Å². The molecule has 1 atom stereocenters. The highest BCUT2D eigenvalue weighted by molar-refractivity contribution is 7.54. The Bertz CT molecular complexity index is 454. The lowest BCUT2D eigenvalue weighted by atomic mass is 10.2.